The minimum absolute atomic E-state index is 0.124. The van der Waals surface area contributed by atoms with Crippen LogP contribution in [0.15, 0.2) is 39.9 Å². The summed E-state index contributed by atoms with van der Waals surface area (Å²) < 4.78 is 0.954. The highest BCUT2D eigenvalue weighted by atomic mass is 79.9. The van der Waals surface area contributed by atoms with E-state index in [0.29, 0.717) is 0 Å². The molecular formula is C18H19BrN2OS. The van der Waals surface area contributed by atoms with E-state index >= 15 is 0 Å². The van der Waals surface area contributed by atoms with Gasteiger partial charge in [0.2, 0.25) is 0 Å². The van der Waals surface area contributed by atoms with Crippen molar-refractivity contribution in [3.05, 3.63) is 55.7 Å². The highest BCUT2D eigenvalue weighted by molar-refractivity contribution is 9.10. The Morgan fingerprint density at radius 1 is 1.48 bits per heavy atom. The Morgan fingerprint density at radius 2 is 2.30 bits per heavy atom. The molecule has 23 heavy (non-hydrogen) atoms. The predicted molar refractivity (Wildman–Crippen MR) is 99.3 cm³/mol. The van der Waals surface area contributed by atoms with Gasteiger partial charge in [-0.25, -0.2) is 5.43 Å². The van der Waals surface area contributed by atoms with Crippen LogP contribution >= 0.6 is 27.3 Å². The van der Waals surface area contributed by atoms with Gasteiger partial charge in [0, 0.05) is 14.9 Å². The molecule has 1 aliphatic rings. The van der Waals surface area contributed by atoms with Crippen molar-refractivity contribution in [2.24, 2.45) is 11.0 Å². The zero-order valence-electron chi connectivity index (χ0n) is 13.0. The van der Waals surface area contributed by atoms with Crippen molar-refractivity contribution in [3.8, 4) is 0 Å². The van der Waals surface area contributed by atoms with Crippen LogP contribution in [0.2, 0.25) is 0 Å². The Labute approximate surface area is 148 Å². The SMILES string of the molecule is CC[C@@H]1CCc2sc(C(=O)N/N=C\c3ccccc3Br)cc2C1. The molecule has 0 saturated heterocycles. The Kier molecular flexibility index (Phi) is 5.28. The third-order valence-electron chi connectivity index (χ3n) is 4.26. The number of rotatable bonds is 4. The molecule has 0 radical (unpaired) electrons. The number of hydrogen-bond donors (Lipinski definition) is 1. The van der Waals surface area contributed by atoms with Crippen molar-refractivity contribution in [1.82, 2.24) is 5.43 Å². The largest absolute Gasteiger partial charge is 0.281 e. The second-order valence-electron chi connectivity index (χ2n) is 5.80. The van der Waals surface area contributed by atoms with E-state index in [1.54, 1.807) is 17.6 Å². The molecule has 0 saturated carbocycles. The molecule has 0 fully saturated rings. The number of aryl methyl sites for hydroxylation is 1. The van der Waals surface area contributed by atoms with Crippen molar-refractivity contribution in [3.63, 3.8) is 0 Å². The molecular weight excluding hydrogens is 372 g/mol. The molecule has 1 aromatic heterocycles. The number of hydrazone groups is 1. The van der Waals surface area contributed by atoms with Crippen LogP contribution < -0.4 is 5.43 Å². The summed E-state index contributed by atoms with van der Waals surface area (Å²) in [5.74, 6) is 0.641. The van der Waals surface area contributed by atoms with Crippen LogP contribution in [0.3, 0.4) is 0 Å². The van der Waals surface area contributed by atoms with E-state index in [4.69, 9.17) is 0 Å². The minimum Gasteiger partial charge on any atom is -0.266 e. The summed E-state index contributed by atoms with van der Waals surface area (Å²) in [6, 6.07) is 9.81. The normalized spacial score (nSPS) is 17.2. The number of fused-ring (bicyclic) bond motifs is 1. The van der Waals surface area contributed by atoms with Crippen LogP contribution in [-0.2, 0) is 12.8 Å². The van der Waals surface area contributed by atoms with Crippen LogP contribution in [0.25, 0.3) is 0 Å². The summed E-state index contributed by atoms with van der Waals surface area (Å²) in [7, 11) is 0. The molecule has 1 aromatic carbocycles. The number of halogens is 1. The molecule has 3 rings (SSSR count). The minimum atomic E-state index is -0.124. The molecule has 1 aliphatic carbocycles. The molecule has 0 bridgehead atoms. The fourth-order valence-electron chi connectivity index (χ4n) is 2.85. The number of amides is 1. The van der Waals surface area contributed by atoms with Crippen LogP contribution in [0, 0.1) is 5.92 Å². The molecule has 0 spiro atoms. The third-order valence-corrected chi connectivity index (χ3v) is 6.22. The van der Waals surface area contributed by atoms with Gasteiger partial charge < -0.3 is 0 Å². The number of nitrogens with one attached hydrogen (secondary N) is 1. The van der Waals surface area contributed by atoms with E-state index < -0.39 is 0 Å². The molecule has 0 aliphatic heterocycles. The summed E-state index contributed by atoms with van der Waals surface area (Å²) in [5, 5.41) is 4.07. The maximum absolute atomic E-state index is 12.3. The van der Waals surface area contributed by atoms with Gasteiger partial charge >= 0.3 is 0 Å². The fourth-order valence-corrected chi connectivity index (χ4v) is 4.34. The highest BCUT2D eigenvalue weighted by Gasteiger charge is 2.21. The van der Waals surface area contributed by atoms with Gasteiger partial charge in [-0.2, -0.15) is 5.10 Å². The number of thiophene rings is 1. The number of benzene rings is 1. The first-order valence-electron chi connectivity index (χ1n) is 7.87. The van der Waals surface area contributed by atoms with E-state index in [1.165, 1.54) is 23.3 Å². The summed E-state index contributed by atoms with van der Waals surface area (Å²) in [6.07, 6.45) is 6.32. The average Bonchev–Trinajstić information content (AvgIpc) is 2.99. The molecule has 120 valence electrons. The summed E-state index contributed by atoms with van der Waals surface area (Å²) >= 11 is 5.07. The number of carbonyl (C=O) groups excluding carboxylic acids is 1. The standard InChI is InChI=1S/C18H19BrN2OS/c1-2-12-7-8-16-14(9-12)10-17(23-16)18(22)21-20-11-13-5-3-4-6-15(13)19/h3-6,10-12H,2,7-9H2,1H3,(H,21,22)/b20-11-/t12-/m1/s1. The van der Waals surface area contributed by atoms with Gasteiger partial charge in [-0.1, -0.05) is 47.5 Å². The second-order valence-corrected chi connectivity index (χ2v) is 7.79. The number of hydrogen-bond acceptors (Lipinski definition) is 3. The third kappa shape index (κ3) is 3.90. The first kappa shape index (κ1) is 16.4. The van der Waals surface area contributed by atoms with Crippen LogP contribution in [0.5, 0.6) is 0 Å². The van der Waals surface area contributed by atoms with Crippen LogP contribution in [-0.4, -0.2) is 12.1 Å². The van der Waals surface area contributed by atoms with Gasteiger partial charge in [0.15, 0.2) is 0 Å². The maximum atomic E-state index is 12.3. The topological polar surface area (TPSA) is 41.5 Å². The van der Waals surface area contributed by atoms with E-state index in [-0.39, 0.29) is 5.91 Å². The molecule has 0 unspecified atom stereocenters. The predicted octanol–water partition coefficient (Wildman–Crippen LogP) is 4.79. The fraction of sp³-hybridized carbons (Fsp3) is 0.333. The van der Waals surface area contributed by atoms with E-state index in [2.05, 4.69) is 33.4 Å². The Hall–Kier alpha value is -1.46. The smallest absolute Gasteiger partial charge is 0.266 e. The van der Waals surface area contributed by atoms with Crippen molar-refractivity contribution in [2.45, 2.75) is 32.6 Å². The van der Waals surface area contributed by atoms with Crippen molar-refractivity contribution < 1.29 is 4.79 Å². The van der Waals surface area contributed by atoms with Gasteiger partial charge in [0.1, 0.15) is 0 Å². The zero-order chi connectivity index (χ0) is 16.2. The highest BCUT2D eigenvalue weighted by Crippen LogP contribution is 2.33. The van der Waals surface area contributed by atoms with Gasteiger partial charge in [0.05, 0.1) is 11.1 Å². The van der Waals surface area contributed by atoms with Crippen LogP contribution in [0.1, 0.15) is 45.4 Å². The molecule has 5 heteroatoms. The van der Waals surface area contributed by atoms with Gasteiger partial charge in [-0.3, -0.25) is 4.79 Å². The molecule has 1 amide bonds. The first-order chi connectivity index (χ1) is 11.2. The van der Waals surface area contributed by atoms with Crippen molar-refractivity contribution >= 4 is 39.4 Å². The number of nitrogens with zero attached hydrogens (tertiary/aromatic N) is 1. The monoisotopic (exact) mass is 390 g/mol. The van der Waals surface area contributed by atoms with Gasteiger partial charge in [-0.05, 0) is 42.9 Å². The molecule has 1 atom stereocenters. The molecule has 3 nitrogen and oxygen atoms in total. The first-order valence-corrected chi connectivity index (χ1v) is 9.47. The molecule has 1 N–H and O–H groups in total. The summed E-state index contributed by atoms with van der Waals surface area (Å²) in [4.78, 5) is 14.4. The molecule has 1 heterocycles. The lowest BCUT2D eigenvalue weighted by Crippen LogP contribution is -2.16. The van der Waals surface area contributed by atoms with E-state index in [9.17, 15) is 4.79 Å². The summed E-state index contributed by atoms with van der Waals surface area (Å²) in [5.41, 5.74) is 4.92. The Morgan fingerprint density at radius 3 is 3.09 bits per heavy atom. The average molecular weight is 391 g/mol. The second kappa shape index (κ2) is 7.41. The van der Waals surface area contributed by atoms with E-state index in [0.717, 1.165) is 33.7 Å². The van der Waals surface area contributed by atoms with Crippen molar-refractivity contribution in [1.29, 1.82) is 0 Å². The Bertz CT molecular complexity index is 738. The van der Waals surface area contributed by atoms with E-state index in [1.807, 2.05) is 30.3 Å². The van der Waals surface area contributed by atoms with Crippen LogP contribution in [0.4, 0.5) is 0 Å². The Balaban J connectivity index is 1.65. The lowest BCUT2D eigenvalue weighted by atomic mass is 9.87. The van der Waals surface area contributed by atoms with Gasteiger partial charge in [-0.15, -0.1) is 11.3 Å². The van der Waals surface area contributed by atoms with Crippen molar-refractivity contribution in [2.75, 3.05) is 0 Å². The quantitative estimate of drug-likeness (QED) is 0.591. The number of carbonyl (C=O) groups is 1. The molecule has 2 aromatic rings. The zero-order valence-corrected chi connectivity index (χ0v) is 15.4. The summed E-state index contributed by atoms with van der Waals surface area (Å²) in [6.45, 7) is 2.24. The lowest BCUT2D eigenvalue weighted by Gasteiger charge is -2.19. The maximum Gasteiger partial charge on any atom is 0.281 e. The van der Waals surface area contributed by atoms with Gasteiger partial charge in [0.25, 0.3) is 5.91 Å². The lowest BCUT2D eigenvalue weighted by molar-refractivity contribution is 0.0959.